The van der Waals surface area contributed by atoms with E-state index in [0.717, 1.165) is 0 Å². The smallest absolute Gasteiger partial charge is 0.310 e. The molecule has 0 aromatic heterocycles. The highest BCUT2D eigenvalue weighted by atomic mass is 35.5. The van der Waals surface area contributed by atoms with Gasteiger partial charge in [-0.25, -0.2) is 0 Å². The van der Waals surface area contributed by atoms with Crippen molar-refractivity contribution in [2.24, 2.45) is 5.92 Å². The molecule has 0 bridgehead atoms. The SMILES string of the molecule is O=C(NC1C=CC(C(=O)O)C1)c1ccc(Cl)cc1Cl. The lowest BCUT2D eigenvalue weighted by molar-refractivity contribution is -0.140. The third-order valence-electron chi connectivity index (χ3n) is 2.89. The van der Waals surface area contributed by atoms with Gasteiger partial charge in [-0.2, -0.15) is 0 Å². The fraction of sp³-hybridized carbons (Fsp3) is 0.231. The normalized spacial score (nSPS) is 21.4. The standard InChI is InChI=1S/C13H11Cl2NO3/c14-8-2-4-10(11(15)6-8)12(17)16-9-3-1-7(5-9)13(18)19/h1-4,6-7,9H,5H2,(H,16,17)(H,18,19). The summed E-state index contributed by atoms with van der Waals surface area (Å²) in [7, 11) is 0. The molecule has 0 radical (unpaired) electrons. The van der Waals surface area contributed by atoms with Gasteiger partial charge < -0.3 is 10.4 Å². The molecular formula is C13H11Cl2NO3. The van der Waals surface area contributed by atoms with Crippen LogP contribution in [0.15, 0.2) is 30.4 Å². The third kappa shape index (κ3) is 3.28. The second-order valence-electron chi connectivity index (χ2n) is 4.27. The van der Waals surface area contributed by atoms with Gasteiger partial charge in [0.25, 0.3) is 5.91 Å². The van der Waals surface area contributed by atoms with Gasteiger partial charge >= 0.3 is 5.97 Å². The van der Waals surface area contributed by atoms with E-state index in [1.807, 2.05) is 0 Å². The first-order chi connectivity index (χ1) is 8.97. The Morgan fingerprint density at radius 2 is 2.00 bits per heavy atom. The summed E-state index contributed by atoms with van der Waals surface area (Å²) < 4.78 is 0. The van der Waals surface area contributed by atoms with E-state index in [4.69, 9.17) is 28.3 Å². The summed E-state index contributed by atoms with van der Waals surface area (Å²) in [6.07, 6.45) is 3.61. The number of nitrogens with one attached hydrogen (secondary N) is 1. The number of carbonyl (C=O) groups excluding carboxylic acids is 1. The maximum absolute atomic E-state index is 12.0. The van der Waals surface area contributed by atoms with Gasteiger partial charge in [-0.1, -0.05) is 35.4 Å². The van der Waals surface area contributed by atoms with Crippen molar-refractivity contribution >= 4 is 35.1 Å². The predicted molar refractivity (Wildman–Crippen MR) is 72.6 cm³/mol. The van der Waals surface area contributed by atoms with Crippen LogP contribution >= 0.6 is 23.2 Å². The van der Waals surface area contributed by atoms with Crippen LogP contribution in [0.2, 0.25) is 10.0 Å². The molecular weight excluding hydrogens is 289 g/mol. The lowest BCUT2D eigenvalue weighted by atomic mass is 10.1. The molecule has 6 heteroatoms. The Bertz CT molecular complexity index is 557. The number of benzene rings is 1. The van der Waals surface area contributed by atoms with Crippen molar-refractivity contribution in [1.29, 1.82) is 0 Å². The molecule has 1 amide bonds. The van der Waals surface area contributed by atoms with Gasteiger partial charge in [-0.15, -0.1) is 0 Å². The van der Waals surface area contributed by atoms with Crippen molar-refractivity contribution in [2.75, 3.05) is 0 Å². The maximum atomic E-state index is 12.0. The Morgan fingerprint density at radius 3 is 2.58 bits per heavy atom. The van der Waals surface area contributed by atoms with Gasteiger partial charge in [-0.3, -0.25) is 9.59 Å². The number of rotatable bonds is 3. The number of hydrogen-bond acceptors (Lipinski definition) is 2. The van der Waals surface area contributed by atoms with Crippen molar-refractivity contribution in [1.82, 2.24) is 5.32 Å². The summed E-state index contributed by atoms with van der Waals surface area (Å²) in [5.74, 6) is -1.79. The molecule has 0 heterocycles. The predicted octanol–water partition coefficient (Wildman–Crippen LogP) is 2.75. The molecule has 0 aliphatic heterocycles. The molecule has 1 aliphatic rings. The topological polar surface area (TPSA) is 66.4 Å². The van der Waals surface area contributed by atoms with Crippen LogP contribution in [0.4, 0.5) is 0 Å². The summed E-state index contributed by atoms with van der Waals surface area (Å²) in [5, 5.41) is 12.3. The van der Waals surface area contributed by atoms with E-state index in [1.54, 1.807) is 18.2 Å². The number of carboxylic acids is 1. The highest BCUT2D eigenvalue weighted by Gasteiger charge is 2.26. The first-order valence-corrected chi connectivity index (χ1v) is 6.40. The van der Waals surface area contributed by atoms with Gasteiger partial charge in [0.05, 0.1) is 16.5 Å². The molecule has 2 rings (SSSR count). The van der Waals surface area contributed by atoms with Gasteiger partial charge in [0.1, 0.15) is 0 Å². The number of carbonyl (C=O) groups is 2. The lowest BCUT2D eigenvalue weighted by Crippen LogP contribution is -2.33. The molecule has 1 aliphatic carbocycles. The molecule has 0 spiro atoms. The first kappa shape index (κ1) is 13.9. The Kier molecular flexibility index (Phi) is 4.12. The molecule has 0 saturated heterocycles. The van der Waals surface area contributed by atoms with E-state index in [0.29, 0.717) is 17.0 Å². The minimum Gasteiger partial charge on any atom is -0.481 e. The summed E-state index contributed by atoms with van der Waals surface area (Å²) in [4.78, 5) is 22.8. The van der Waals surface area contributed by atoms with Gasteiger partial charge in [-0.05, 0) is 24.6 Å². The molecule has 2 N–H and O–H groups in total. The zero-order valence-electron chi connectivity index (χ0n) is 9.77. The van der Waals surface area contributed by atoms with E-state index >= 15 is 0 Å². The highest BCUT2D eigenvalue weighted by molar-refractivity contribution is 6.36. The summed E-state index contributed by atoms with van der Waals surface area (Å²) in [6.45, 7) is 0. The quantitative estimate of drug-likeness (QED) is 0.844. The van der Waals surface area contributed by atoms with E-state index in [2.05, 4.69) is 5.32 Å². The van der Waals surface area contributed by atoms with Gasteiger partial charge in [0.15, 0.2) is 0 Å². The molecule has 1 aromatic rings. The van der Waals surface area contributed by atoms with Crippen LogP contribution in [0.5, 0.6) is 0 Å². The molecule has 4 nitrogen and oxygen atoms in total. The summed E-state index contributed by atoms with van der Waals surface area (Å²) in [6, 6.07) is 4.31. The fourth-order valence-electron chi connectivity index (χ4n) is 1.91. The monoisotopic (exact) mass is 299 g/mol. The second-order valence-corrected chi connectivity index (χ2v) is 5.11. The van der Waals surface area contributed by atoms with Crippen LogP contribution in [0, 0.1) is 5.92 Å². The van der Waals surface area contributed by atoms with Crippen molar-refractivity contribution in [3.05, 3.63) is 46.0 Å². The Labute approximate surface area is 120 Å². The average Bonchev–Trinajstić information content (AvgIpc) is 2.77. The van der Waals surface area contributed by atoms with Gasteiger partial charge in [0, 0.05) is 11.1 Å². The van der Waals surface area contributed by atoms with Crippen LogP contribution in [0.1, 0.15) is 16.8 Å². The maximum Gasteiger partial charge on any atom is 0.310 e. The average molecular weight is 300 g/mol. The van der Waals surface area contributed by atoms with E-state index < -0.39 is 11.9 Å². The Hall–Kier alpha value is -1.52. The lowest BCUT2D eigenvalue weighted by Gasteiger charge is -2.13. The van der Waals surface area contributed by atoms with Crippen molar-refractivity contribution in [3.63, 3.8) is 0 Å². The highest BCUT2D eigenvalue weighted by Crippen LogP contribution is 2.22. The van der Waals surface area contributed by atoms with E-state index in [-0.39, 0.29) is 17.0 Å². The van der Waals surface area contributed by atoms with Gasteiger partial charge in [0.2, 0.25) is 0 Å². The zero-order chi connectivity index (χ0) is 14.0. The summed E-state index contributed by atoms with van der Waals surface area (Å²) >= 11 is 11.7. The number of halogens is 2. The molecule has 0 fully saturated rings. The van der Waals surface area contributed by atoms with Crippen LogP contribution in [0.3, 0.4) is 0 Å². The second kappa shape index (κ2) is 5.63. The molecule has 0 saturated carbocycles. The minimum absolute atomic E-state index is 0.266. The molecule has 2 unspecified atom stereocenters. The fourth-order valence-corrected chi connectivity index (χ4v) is 2.40. The van der Waals surface area contributed by atoms with Crippen LogP contribution in [0.25, 0.3) is 0 Å². The Balaban J connectivity index is 2.03. The van der Waals surface area contributed by atoms with Crippen molar-refractivity contribution in [2.45, 2.75) is 12.5 Å². The van der Waals surface area contributed by atoms with Crippen molar-refractivity contribution < 1.29 is 14.7 Å². The molecule has 100 valence electrons. The van der Waals surface area contributed by atoms with Crippen LogP contribution in [-0.2, 0) is 4.79 Å². The largest absolute Gasteiger partial charge is 0.481 e. The summed E-state index contributed by atoms with van der Waals surface area (Å²) in [5.41, 5.74) is 0.318. The van der Waals surface area contributed by atoms with E-state index in [9.17, 15) is 9.59 Å². The zero-order valence-corrected chi connectivity index (χ0v) is 11.3. The van der Waals surface area contributed by atoms with Crippen LogP contribution in [-0.4, -0.2) is 23.0 Å². The number of aliphatic carboxylic acids is 1. The molecule has 19 heavy (non-hydrogen) atoms. The molecule has 2 atom stereocenters. The number of amides is 1. The first-order valence-electron chi connectivity index (χ1n) is 5.64. The third-order valence-corrected chi connectivity index (χ3v) is 3.44. The molecule has 1 aromatic carbocycles. The van der Waals surface area contributed by atoms with E-state index in [1.165, 1.54) is 12.1 Å². The number of carboxylic acid groups (broad SMARTS) is 1. The van der Waals surface area contributed by atoms with Crippen LogP contribution < -0.4 is 5.32 Å². The minimum atomic E-state index is -0.891. The Morgan fingerprint density at radius 1 is 1.26 bits per heavy atom. The van der Waals surface area contributed by atoms with Crippen molar-refractivity contribution in [3.8, 4) is 0 Å². The number of hydrogen-bond donors (Lipinski definition) is 2.